The molecule has 1 aromatic carbocycles. The van der Waals surface area contributed by atoms with Crippen LogP contribution in [0.1, 0.15) is 54.0 Å². The Morgan fingerprint density at radius 2 is 1.50 bits per heavy atom. The SMILES string of the molecule is CCOC(=O)O[C@H](C)OC(=O)[C@](C)(Cc1ccc(OC(=O)C(C)C)c(OC(=O)C(C)C)c1)NN. The second-order valence-electron chi connectivity index (χ2n) is 8.36. The Morgan fingerprint density at radius 3 is 2.00 bits per heavy atom. The zero-order valence-corrected chi connectivity index (χ0v) is 20.6. The van der Waals surface area contributed by atoms with Crippen molar-refractivity contribution in [2.24, 2.45) is 17.7 Å². The van der Waals surface area contributed by atoms with Crippen LogP contribution in [0.15, 0.2) is 18.2 Å². The van der Waals surface area contributed by atoms with Crippen molar-refractivity contribution in [3.8, 4) is 11.5 Å². The molecule has 190 valence electrons. The lowest BCUT2D eigenvalue weighted by Crippen LogP contribution is -2.56. The minimum atomic E-state index is -1.44. The molecule has 0 spiro atoms. The molecule has 0 amide bonds. The van der Waals surface area contributed by atoms with Gasteiger partial charge in [-0.05, 0) is 31.5 Å². The van der Waals surface area contributed by atoms with Crippen LogP contribution in [0.3, 0.4) is 0 Å². The van der Waals surface area contributed by atoms with Crippen molar-refractivity contribution in [1.82, 2.24) is 5.43 Å². The van der Waals surface area contributed by atoms with E-state index in [-0.39, 0.29) is 24.5 Å². The average Bonchev–Trinajstić information content (AvgIpc) is 2.74. The quantitative estimate of drug-likeness (QED) is 0.157. The number of hydrazine groups is 1. The molecule has 1 rings (SSSR count). The van der Waals surface area contributed by atoms with Crippen molar-refractivity contribution in [2.45, 2.75) is 66.7 Å². The van der Waals surface area contributed by atoms with Gasteiger partial charge in [0, 0.05) is 13.3 Å². The van der Waals surface area contributed by atoms with E-state index in [9.17, 15) is 19.2 Å². The molecule has 0 saturated carbocycles. The van der Waals surface area contributed by atoms with E-state index in [1.165, 1.54) is 26.0 Å². The molecule has 0 unspecified atom stereocenters. The highest BCUT2D eigenvalue weighted by Gasteiger charge is 2.36. The third kappa shape index (κ3) is 8.64. The summed E-state index contributed by atoms with van der Waals surface area (Å²) in [7, 11) is 0. The lowest BCUT2D eigenvalue weighted by atomic mass is 9.93. The van der Waals surface area contributed by atoms with Gasteiger partial charge in [-0.3, -0.25) is 15.4 Å². The number of ether oxygens (including phenoxy) is 5. The number of esters is 3. The van der Waals surface area contributed by atoms with E-state index in [1.807, 2.05) is 0 Å². The van der Waals surface area contributed by atoms with Gasteiger partial charge in [0.25, 0.3) is 0 Å². The average molecular weight is 483 g/mol. The van der Waals surface area contributed by atoms with Crippen LogP contribution in [0, 0.1) is 11.8 Å². The summed E-state index contributed by atoms with van der Waals surface area (Å²) in [6.45, 7) is 11.2. The molecule has 2 atom stereocenters. The van der Waals surface area contributed by atoms with Crippen LogP contribution in [0.5, 0.6) is 11.5 Å². The van der Waals surface area contributed by atoms with Crippen LogP contribution in [0.25, 0.3) is 0 Å². The van der Waals surface area contributed by atoms with E-state index in [4.69, 9.17) is 24.8 Å². The molecular formula is C23H34N2O9. The van der Waals surface area contributed by atoms with Crippen LogP contribution < -0.4 is 20.7 Å². The highest BCUT2D eigenvalue weighted by Crippen LogP contribution is 2.31. The zero-order valence-electron chi connectivity index (χ0n) is 20.6. The predicted molar refractivity (Wildman–Crippen MR) is 120 cm³/mol. The molecule has 34 heavy (non-hydrogen) atoms. The number of rotatable bonds is 11. The molecule has 0 saturated heterocycles. The smallest absolute Gasteiger partial charge is 0.435 e. The van der Waals surface area contributed by atoms with Crippen molar-refractivity contribution in [3.05, 3.63) is 23.8 Å². The number of nitrogens with two attached hydrogens (primary N) is 1. The van der Waals surface area contributed by atoms with Crippen LogP contribution >= 0.6 is 0 Å². The van der Waals surface area contributed by atoms with Gasteiger partial charge in [0.05, 0.1) is 18.4 Å². The fourth-order valence-electron chi connectivity index (χ4n) is 2.46. The monoisotopic (exact) mass is 482 g/mol. The summed E-state index contributed by atoms with van der Waals surface area (Å²) in [5.41, 5.74) is 1.49. The fourth-order valence-corrected chi connectivity index (χ4v) is 2.46. The summed E-state index contributed by atoms with van der Waals surface area (Å²) in [6.07, 6.45) is -2.20. The lowest BCUT2D eigenvalue weighted by molar-refractivity contribution is -0.175. The third-order valence-corrected chi connectivity index (χ3v) is 4.50. The molecule has 0 radical (unpaired) electrons. The van der Waals surface area contributed by atoms with Gasteiger partial charge in [0.1, 0.15) is 5.54 Å². The highest BCUT2D eigenvalue weighted by molar-refractivity contribution is 5.81. The molecule has 0 fully saturated rings. The molecule has 1 aromatic rings. The van der Waals surface area contributed by atoms with E-state index in [0.717, 1.165) is 0 Å². The molecule has 0 aliphatic heterocycles. The summed E-state index contributed by atoms with van der Waals surface area (Å²) in [5.74, 6) is 3.07. The fraction of sp³-hybridized carbons (Fsp3) is 0.565. The first-order chi connectivity index (χ1) is 15.8. The number of benzene rings is 1. The first kappa shape index (κ1) is 28.9. The van der Waals surface area contributed by atoms with Crippen LogP contribution in [0.4, 0.5) is 4.79 Å². The first-order valence-corrected chi connectivity index (χ1v) is 10.9. The molecule has 0 heterocycles. The Bertz CT molecular complexity index is 885. The van der Waals surface area contributed by atoms with E-state index < -0.39 is 47.7 Å². The van der Waals surface area contributed by atoms with Gasteiger partial charge in [-0.1, -0.05) is 33.8 Å². The Morgan fingerprint density at radius 1 is 0.941 bits per heavy atom. The van der Waals surface area contributed by atoms with Crippen molar-refractivity contribution < 1.29 is 42.9 Å². The Balaban J connectivity index is 3.12. The topological polar surface area (TPSA) is 152 Å². The van der Waals surface area contributed by atoms with E-state index in [0.29, 0.717) is 5.56 Å². The first-order valence-electron chi connectivity index (χ1n) is 10.9. The highest BCUT2D eigenvalue weighted by atomic mass is 16.8. The van der Waals surface area contributed by atoms with Crippen LogP contribution in [-0.2, 0) is 35.0 Å². The molecule has 11 nitrogen and oxygen atoms in total. The standard InChI is InChI=1S/C23H34N2O9/c1-8-30-22(29)32-15(6)31-21(28)23(7,25-24)12-16-9-10-17(33-19(26)13(2)3)18(11-16)34-20(27)14(4)5/h9-11,13-15,25H,8,12,24H2,1-7H3/t15-,23+/m1/s1. The molecule has 0 bridgehead atoms. The van der Waals surface area contributed by atoms with Crippen LogP contribution in [0.2, 0.25) is 0 Å². The van der Waals surface area contributed by atoms with Gasteiger partial charge < -0.3 is 23.7 Å². The van der Waals surface area contributed by atoms with Gasteiger partial charge in [-0.15, -0.1) is 0 Å². The summed E-state index contributed by atoms with van der Waals surface area (Å²) in [4.78, 5) is 48.4. The molecule has 0 aliphatic carbocycles. The largest absolute Gasteiger partial charge is 0.511 e. The second kappa shape index (κ2) is 12.9. The summed E-state index contributed by atoms with van der Waals surface area (Å²) in [6, 6.07) is 4.54. The van der Waals surface area contributed by atoms with E-state index in [1.54, 1.807) is 40.7 Å². The maximum Gasteiger partial charge on any atom is 0.511 e. The van der Waals surface area contributed by atoms with Crippen molar-refractivity contribution in [3.63, 3.8) is 0 Å². The molecule has 0 aliphatic rings. The number of hydrogen-bond donors (Lipinski definition) is 2. The molecule has 3 N–H and O–H groups in total. The summed E-state index contributed by atoms with van der Waals surface area (Å²) < 4.78 is 25.4. The maximum absolute atomic E-state index is 12.7. The van der Waals surface area contributed by atoms with Crippen molar-refractivity contribution >= 4 is 24.1 Å². The molecule has 0 aromatic heterocycles. The van der Waals surface area contributed by atoms with Gasteiger partial charge in [0.2, 0.25) is 6.29 Å². The van der Waals surface area contributed by atoms with Gasteiger partial charge in [0.15, 0.2) is 11.5 Å². The third-order valence-electron chi connectivity index (χ3n) is 4.50. The van der Waals surface area contributed by atoms with Gasteiger partial charge in [-0.2, -0.15) is 0 Å². The Labute approximate surface area is 199 Å². The number of hydrogen-bond acceptors (Lipinski definition) is 11. The Hall–Kier alpha value is -3.18. The number of carbonyl (C=O) groups is 4. The van der Waals surface area contributed by atoms with Gasteiger partial charge >= 0.3 is 24.1 Å². The summed E-state index contributed by atoms with van der Waals surface area (Å²) >= 11 is 0. The normalized spacial score (nSPS) is 13.6. The summed E-state index contributed by atoms with van der Waals surface area (Å²) in [5, 5.41) is 0. The molecule has 11 heteroatoms. The van der Waals surface area contributed by atoms with Crippen molar-refractivity contribution in [2.75, 3.05) is 6.61 Å². The van der Waals surface area contributed by atoms with E-state index >= 15 is 0 Å². The van der Waals surface area contributed by atoms with Gasteiger partial charge in [-0.25, -0.2) is 15.0 Å². The predicted octanol–water partition coefficient (Wildman–Crippen LogP) is 2.64. The lowest BCUT2D eigenvalue weighted by Gasteiger charge is -2.28. The number of carbonyl (C=O) groups excluding carboxylic acids is 4. The minimum absolute atomic E-state index is 0.000897. The van der Waals surface area contributed by atoms with Crippen molar-refractivity contribution in [1.29, 1.82) is 0 Å². The maximum atomic E-state index is 12.7. The molecular weight excluding hydrogens is 448 g/mol. The Kier molecular flexibility index (Phi) is 10.9. The van der Waals surface area contributed by atoms with Crippen LogP contribution in [-0.4, -0.2) is 42.5 Å². The minimum Gasteiger partial charge on any atom is -0.435 e. The zero-order chi connectivity index (χ0) is 26.1. The second-order valence-corrected chi connectivity index (χ2v) is 8.36. The number of nitrogens with one attached hydrogen (secondary N) is 1. The van der Waals surface area contributed by atoms with E-state index in [2.05, 4.69) is 10.2 Å².